The molecule has 0 fully saturated rings. The van der Waals surface area contributed by atoms with E-state index in [1.165, 1.54) is 0 Å². The zero-order chi connectivity index (χ0) is 14.4. The molecule has 0 spiro atoms. The van der Waals surface area contributed by atoms with Gasteiger partial charge >= 0.3 is 0 Å². The normalized spacial score (nSPS) is 11.9. The summed E-state index contributed by atoms with van der Waals surface area (Å²) in [5, 5.41) is 8.86. The smallest absolute Gasteiger partial charge is 0.229 e. The van der Waals surface area contributed by atoms with E-state index in [0.717, 1.165) is 23.4 Å². The van der Waals surface area contributed by atoms with E-state index in [1.54, 1.807) is 17.5 Å². The Morgan fingerprint density at radius 1 is 1.45 bits per heavy atom. The van der Waals surface area contributed by atoms with Crippen LogP contribution in [0.25, 0.3) is 10.6 Å². The number of nitrogens with zero attached hydrogens (tertiary/aromatic N) is 2. The lowest BCUT2D eigenvalue weighted by Crippen LogP contribution is -2.36. The molecule has 20 heavy (non-hydrogen) atoms. The van der Waals surface area contributed by atoms with Gasteiger partial charge in [-0.25, -0.2) is 9.97 Å². The highest BCUT2D eigenvalue weighted by atomic mass is 32.1. The van der Waals surface area contributed by atoms with Crippen molar-refractivity contribution in [2.45, 2.75) is 32.7 Å². The number of thiocarbonyl (C=S) groups is 1. The van der Waals surface area contributed by atoms with Gasteiger partial charge in [0.25, 0.3) is 0 Å². The molecular weight excluding hydrogens is 288 g/mol. The Morgan fingerprint density at radius 3 is 3.00 bits per heavy atom. The van der Waals surface area contributed by atoms with E-state index in [1.807, 2.05) is 23.6 Å². The summed E-state index contributed by atoms with van der Waals surface area (Å²) in [6, 6.07) is 6.29. The maximum atomic E-state index is 5.27. The third kappa shape index (κ3) is 4.25. The molecule has 0 aromatic carbocycles. The Kier molecular flexibility index (Phi) is 5.43. The highest BCUT2D eigenvalue weighted by Gasteiger charge is 2.06. The predicted octanol–water partition coefficient (Wildman–Crippen LogP) is 3.68. The first-order chi connectivity index (χ1) is 9.69. The number of anilines is 1. The quantitative estimate of drug-likeness (QED) is 0.825. The van der Waals surface area contributed by atoms with Crippen molar-refractivity contribution in [3.8, 4) is 10.6 Å². The number of aromatic nitrogens is 2. The van der Waals surface area contributed by atoms with Gasteiger partial charge in [0.1, 0.15) is 0 Å². The first-order valence-corrected chi connectivity index (χ1v) is 7.92. The van der Waals surface area contributed by atoms with Crippen molar-refractivity contribution in [1.29, 1.82) is 0 Å². The maximum absolute atomic E-state index is 5.27. The molecule has 4 nitrogen and oxygen atoms in total. The van der Waals surface area contributed by atoms with Gasteiger partial charge in [-0.2, -0.15) is 0 Å². The summed E-state index contributed by atoms with van der Waals surface area (Å²) < 4.78 is 0. The molecule has 0 aliphatic carbocycles. The van der Waals surface area contributed by atoms with E-state index in [9.17, 15) is 0 Å². The van der Waals surface area contributed by atoms with E-state index < -0.39 is 0 Å². The van der Waals surface area contributed by atoms with Gasteiger partial charge in [0, 0.05) is 12.2 Å². The first kappa shape index (κ1) is 14.9. The summed E-state index contributed by atoms with van der Waals surface area (Å²) in [5.41, 5.74) is 0.905. The maximum Gasteiger partial charge on any atom is 0.229 e. The first-order valence-electron chi connectivity index (χ1n) is 6.63. The second-order valence-electron chi connectivity index (χ2n) is 4.53. The summed E-state index contributed by atoms with van der Waals surface area (Å²) in [6.45, 7) is 4.27. The lowest BCUT2D eigenvalue weighted by molar-refractivity contribution is 0.599. The van der Waals surface area contributed by atoms with Gasteiger partial charge in [-0.1, -0.05) is 19.4 Å². The van der Waals surface area contributed by atoms with Crippen LogP contribution in [0.15, 0.2) is 29.8 Å². The fourth-order valence-electron chi connectivity index (χ4n) is 1.85. The monoisotopic (exact) mass is 306 g/mol. The summed E-state index contributed by atoms with van der Waals surface area (Å²) in [5.74, 6) is 0.525. The molecule has 0 bridgehead atoms. The molecule has 2 N–H and O–H groups in total. The van der Waals surface area contributed by atoms with Gasteiger partial charge in [-0.3, -0.25) is 0 Å². The van der Waals surface area contributed by atoms with E-state index in [-0.39, 0.29) is 0 Å². The number of hydrogen-bond donors (Lipinski definition) is 2. The molecule has 0 aliphatic heterocycles. The number of hydrogen-bond acceptors (Lipinski definition) is 4. The Morgan fingerprint density at radius 2 is 2.30 bits per heavy atom. The van der Waals surface area contributed by atoms with Gasteiger partial charge < -0.3 is 10.6 Å². The van der Waals surface area contributed by atoms with E-state index in [2.05, 4.69) is 34.4 Å². The van der Waals surface area contributed by atoms with Crippen LogP contribution in [0, 0.1) is 0 Å². The van der Waals surface area contributed by atoms with Crippen LogP contribution in [0.5, 0.6) is 0 Å². The molecule has 2 heterocycles. The Labute approximate surface area is 128 Å². The van der Waals surface area contributed by atoms with Gasteiger partial charge in [-0.05, 0) is 43.1 Å². The number of thiophene rings is 1. The SMILES string of the molecule is CCCC(C)NC(=S)Nc1nccc(-c2cccs2)n1. The average molecular weight is 306 g/mol. The molecule has 0 saturated carbocycles. The van der Waals surface area contributed by atoms with Crippen LogP contribution in [0.4, 0.5) is 5.95 Å². The topological polar surface area (TPSA) is 49.8 Å². The number of rotatable bonds is 5. The fraction of sp³-hybridized carbons (Fsp3) is 0.357. The zero-order valence-electron chi connectivity index (χ0n) is 11.6. The Balaban J connectivity index is 1.99. The van der Waals surface area contributed by atoms with Gasteiger partial charge in [0.05, 0.1) is 10.6 Å². The molecule has 0 saturated heterocycles. The standard InChI is InChI=1S/C14H18N4S2/c1-3-5-10(2)16-14(19)18-13-15-8-7-11(17-13)12-6-4-9-20-12/h4,6-10H,3,5H2,1-2H3,(H2,15,16,17,18,19). The molecule has 1 atom stereocenters. The summed E-state index contributed by atoms with van der Waals surface area (Å²) in [7, 11) is 0. The molecule has 0 amide bonds. The van der Waals surface area contributed by atoms with Crippen molar-refractivity contribution in [3.05, 3.63) is 29.8 Å². The lowest BCUT2D eigenvalue weighted by atomic mass is 10.2. The minimum absolute atomic E-state index is 0.348. The van der Waals surface area contributed by atoms with Crippen molar-refractivity contribution in [3.63, 3.8) is 0 Å². The Bertz CT molecular complexity index is 554. The van der Waals surface area contributed by atoms with Crippen LogP contribution in [0.1, 0.15) is 26.7 Å². The molecule has 1 unspecified atom stereocenters. The van der Waals surface area contributed by atoms with Crippen molar-refractivity contribution in [1.82, 2.24) is 15.3 Å². The average Bonchev–Trinajstić information content (AvgIpc) is 2.92. The molecule has 106 valence electrons. The van der Waals surface area contributed by atoms with Crippen LogP contribution in [-0.4, -0.2) is 21.1 Å². The second-order valence-corrected chi connectivity index (χ2v) is 5.89. The van der Waals surface area contributed by atoms with Gasteiger partial charge in [0.15, 0.2) is 5.11 Å². The van der Waals surface area contributed by atoms with Gasteiger partial charge in [0.2, 0.25) is 5.95 Å². The Hall–Kier alpha value is -1.53. The summed E-state index contributed by atoms with van der Waals surface area (Å²) in [4.78, 5) is 9.79. The minimum Gasteiger partial charge on any atom is -0.360 e. The van der Waals surface area contributed by atoms with Crippen molar-refractivity contribution in [2.24, 2.45) is 0 Å². The van der Waals surface area contributed by atoms with E-state index in [0.29, 0.717) is 17.1 Å². The molecule has 2 rings (SSSR count). The van der Waals surface area contributed by atoms with Crippen LogP contribution < -0.4 is 10.6 Å². The second kappa shape index (κ2) is 7.31. The third-order valence-corrected chi connectivity index (χ3v) is 3.87. The van der Waals surface area contributed by atoms with Crippen LogP contribution in [-0.2, 0) is 0 Å². The lowest BCUT2D eigenvalue weighted by Gasteiger charge is -2.15. The van der Waals surface area contributed by atoms with Crippen molar-refractivity contribution < 1.29 is 0 Å². The molecule has 0 aliphatic rings. The number of nitrogens with one attached hydrogen (secondary N) is 2. The molecule has 2 aromatic rings. The largest absolute Gasteiger partial charge is 0.360 e. The van der Waals surface area contributed by atoms with Crippen LogP contribution in [0.2, 0.25) is 0 Å². The third-order valence-electron chi connectivity index (χ3n) is 2.75. The van der Waals surface area contributed by atoms with Crippen molar-refractivity contribution >= 4 is 34.6 Å². The van der Waals surface area contributed by atoms with Crippen molar-refractivity contribution in [2.75, 3.05) is 5.32 Å². The molecule has 6 heteroatoms. The van der Waals surface area contributed by atoms with Gasteiger partial charge in [-0.15, -0.1) is 11.3 Å². The predicted molar refractivity (Wildman–Crippen MR) is 89.1 cm³/mol. The molecule has 0 radical (unpaired) electrons. The summed E-state index contributed by atoms with van der Waals surface area (Å²) >= 11 is 6.92. The van der Waals surface area contributed by atoms with Crippen LogP contribution in [0.3, 0.4) is 0 Å². The van der Waals surface area contributed by atoms with E-state index >= 15 is 0 Å². The highest BCUT2D eigenvalue weighted by molar-refractivity contribution is 7.80. The van der Waals surface area contributed by atoms with Crippen LogP contribution >= 0.6 is 23.6 Å². The fourth-order valence-corrected chi connectivity index (χ4v) is 2.83. The van der Waals surface area contributed by atoms with E-state index in [4.69, 9.17) is 12.2 Å². The molecular formula is C14H18N4S2. The molecule has 2 aromatic heterocycles. The summed E-state index contributed by atoms with van der Waals surface area (Å²) in [6.07, 6.45) is 3.95. The highest BCUT2D eigenvalue weighted by Crippen LogP contribution is 2.22. The zero-order valence-corrected chi connectivity index (χ0v) is 13.2. The minimum atomic E-state index is 0.348.